The third-order valence-corrected chi connectivity index (χ3v) is 3.49. The smallest absolute Gasteiger partial charge is 0.204 e. The van der Waals surface area contributed by atoms with Crippen LogP contribution in [0.2, 0.25) is 0 Å². The van der Waals surface area contributed by atoms with E-state index in [0.717, 1.165) is 19.0 Å². The lowest BCUT2D eigenvalue weighted by Crippen LogP contribution is -2.26. The maximum absolute atomic E-state index is 5.25. The number of nitrogens with one attached hydrogen (secondary N) is 1. The van der Waals surface area contributed by atoms with Crippen molar-refractivity contribution >= 4 is 18.2 Å². The van der Waals surface area contributed by atoms with Gasteiger partial charge in [-0.3, -0.25) is 0 Å². The molecule has 2 heterocycles. The molecule has 2 rings (SSSR count). The summed E-state index contributed by atoms with van der Waals surface area (Å²) in [6, 6.07) is 1.97. The Kier molecular flexibility index (Phi) is 4.15. The van der Waals surface area contributed by atoms with Gasteiger partial charge in [-0.05, 0) is 24.8 Å². The quantitative estimate of drug-likeness (QED) is 0.814. The lowest BCUT2D eigenvalue weighted by molar-refractivity contribution is 0.726. The van der Waals surface area contributed by atoms with Crippen LogP contribution in [0.25, 0.3) is 0 Å². The second-order valence-corrected chi connectivity index (χ2v) is 5.47. The van der Waals surface area contributed by atoms with Crippen molar-refractivity contribution in [3.8, 4) is 0 Å². The Hall–Kier alpha value is -0.900. The van der Waals surface area contributed by atoms with Crippen LogP contribution < -0.4 is 4.90 Å². The highest BCUT2D eigenvalue weighted by atomic mass is 32.1. The molecule has 0 spiro atoms. The van der Waals surface area contributed by atoms with Crippen molar-refractivity contribution < 1.29 is 0 Å². The molecule has 0 saturated carbocycles. The summed E-state index contributed by atoms with van der Waals surface area (Å²) in [7, 11) is 0. The molecule has 0 bridgehead atoms. The highest BCUT2D eigenvalue weighted by Crippen LogP contribution is 2.18. The maximum atomic E-state index is 5.25. The predicted molar refractivity (Wildman–Crippen MR) is 74.2 cm³/mol. The number of hydrogen-bond acceptors (Lipinski definition) is 3. The number of aromatic nitrogens is 2. The van der Waals surface area contributed by atoms with Crippen LogP contribution in [0, 0.1) is 4.64 Å². The van der Waals surface area contributed by atoms with Crippen molar-refractivity contribution in [2.75, 3.05) is 18.0 Å². The van der Waals surface area contributed by atoms with Gasteiger partial charge in [0.15, 0.2) is 0 Å². The Morgan fingerprint density at radius 2 is 1.88 bits per heavy atom. The van der Waals surface area contributed by atoms with Crippen molar-refractivity contribution in [2.45, 2.75) is 45.4 Å². The fourth-order valence-corrected chi connectivity index (χ4v) is 2.42. The van der Waals surface area contributed by atoms with Gasteiger partial charge in [0.25, 0.3) is 0 Å². The zero-order valence-electron chi connectivity index (χ0n) is 10.7. The van der Waals surface area contributed by atoms with E-state index < -0.39 is 0 Å². The molecule has 0 amide bonds. The van der Waals surface area contributed by atoms with E-state index in [2.05, 4.69) is 28.7 Å². The highest BCUT2D eigenvalue weighted by molar-refractivity contribution is 7.71. The molecule has 1 saturated heterocycles. The minimum atomic E-state index is 0.463. The third kappa shape index (κ3) is 3.28. The molecule has 1 aliphatic heterocycles. The molecule has 0 radical (unpaired) electrons. The molecule has 1 aromatic rings. The highest BCUT2D eigenvalue weighted by Gasteiger charge is 2.12. The van der Waals surface area contributed by atoms with Crippen LogP contribution in [0.5, 0.6) is 0 Å². The Bertz CT molecular complexity index is 417. The van der Waals surface area contributed by atoms with E-state index in [1.165, 1.54) is 31.4 Å². The Morgan fingerprint density at radius 1 is 1.24 bits per heavy atom. The van der Waals surface area contributed by atoms with Crippen LogP contribution in [0.1, 0.15) is 51.1 Å². The number of nitrogens with zero attached hydrogens (tertiary/aromatic N) is 2. The van der Waals surface area contributed by atoms with E-state index in [-0.39, 0.29) is 0 Å². The van der Waals surface area contributed by atoms with Crippen molar-refractivity contribution in [3.63, 3.8) is 0 Å². The number of H-pyrrole nitrogens is 1. The van der Waals surface area contributed by atoms with E-state index >= 15 is 0 Å². The molecular formula is C13H21N3S. The fourth-order valence-electron chi connectivity index (χ4n) is 2.21. The van der Waals surface area contributed by atoms with Crippen LogP contribution in [0.15, 0.2) is 6.07 Å². The average molecular weight is 251 g/mol. The summed E-state index contributed by atoms with van der Waals surface area (Å²) in [5.41, 5.74) is 1.18. The third-order valence-electron chi connectivity index (χ3n) is 3.28. The molecule has 1 N–H and O–H groups in total. The number of aromatic amines is 1. The molecule has 94 valence electrons. The lowest BCUT2D eigenvalue weighted by atomic mass is 10.1. The molecule has 1 aromatic heterocycles. The minimum Gasteiger partial charge on any atom is -0.342 e. The SMILES string of the molecule is CC(C)c1cc(=S)nc(N2CCCCCC2)[nH]1. The van der Waals surface area contributed by atoms with E-state index in [4.69, 9.17) is 12.2 Å². The topological polar surface area (TPSA) is 31.9 Å². The van der Waals surface area contributed by atoms with Gasteiger partial charge in [0.1, 0.15) is 4.64 Å². The molecule has 0 aromatic carbocycles. The van der Waals surface area contributed by atoms with Gasteiger partial charge in [0.2, 0.25) is 5.95 Å². The average Bonchev–Trinajstić information content (AvgIpc) is 2.56. The summed E-state index contributed by atoms with van der Waals surface area (Å²) in [6.45, 7) is 6.54. The van der Waals surface area contributed by atoms with Gasteiger partial charge in [-0.15, -0.1) is 0 Å². The van der Waals surface area contributed by atoms with E-state index in [0.29, 0.717) is 10.6 Å². The molecular weight excluding hydrogens is 230 g/mol. The largest absolute Gasteiger partial charge is 0.342 e. The van der Waals surface area contributed by atoms with Crippen molar-refractivity contribution in [1.82, 2.24) is 9.97 Å². The molecule has 1 aliphatic rings. The molecule has 4 heteroatoms. The second kappa shape index (κ2) is 5.63. The Morgan fingerprint density at radius 3 is 2.47 bits per heavy atom. The first-order chi connectivity index (χ1) is 8.16. The zero-order valence-corrected chi connectivity index (χ0v) is 11.5. The molecule has 0 unspecified atom stereocenters. The maximum Gasteiger partial charge on any atom is 0.204 e. The molecule has 3 nitrogen and oxygen atoms in total. The van der Waals surface area contributed by atoms with Gasteiger partial charge in [-0.2, -0.15) is 0 Å². The summed E-state index contributed by atoms with van der Waals surface area (Å²) < 4.78 is 0.701. The monoisotopic (exact) mass is 251 g/mol. The first-order valence-corrected chi connectivity index (χ1v) is 6.94. The van der Waals surface area contributed by atoms with Crippen LogP contribution in [-0.2, 0) is 0 Å². The van der Waals surface area contributed by atoms with Gasteiger partial charge in [-0.25, -0.2) is 4.98 Å². The standard InChI is InChI=1S/C13H21N3S/c1-10(2)11-9-12(17)15-13(14-11)16-7-5-3-4-6-8-16/h9-10H,3-8H2,1-2H3,(H,14,15,17). The van der Waals surface area contributed by atoms with Crippen molar-refractivity contribution in [2.24, 2.45) is 0 Å². The second-order valence-electron chi connectivity index (χ2n) is 5.05. The number of hydrogen-bond donors (Lipinski definition) is 1. The van der Waals surface area contributed by atoms with Crippen molar-refractivity contribution in [3.05, 3.63) is 16.4 Å². The molecule has 0 atom stereocenters. The Labute approximate surface area is 108 Å². The van der Waals surface area contributed by atoms with Crippen LogP contribution >= 0.6 is 12.2 Å². The van der Waals surface area contributed by atoms with E-state index in [9.17, 15) is 0 Å². The summed E-state index contributed by atoms with van der Waals surface area (Å²) >= 11 is 5.25. The van der Waals surface area contributed by atoms with Crippen LogP contribution in [0.4, 0.5) is 5.95 Å². The normalized spacial score (nSPS) is 17.2. The molecule has 17 heavy (non-hydrogen) atoms. The molecule has 1 fully saturated rings. The van der Waals surface area contributed by atoms with Gasteiger partial charge < -0.3 is 9.88 Å². The summed E-state index contributed by atoms with van der Waals surface area (Å²) in [4.78, 5) is 10.2. The first kappa shape index (κ1) is 12.6. The fraction of sp³-hybridized carbons (Fsp3) is 0.692. The number of rotatable bonds is 2. The van der Waals surface area contributed by atoms with Crippen LogP contribution in [-0.4, -0.2) is 23.1 Å². The van der Waals surface area contributed by atoms with Gasteiger partial charge in [0, 0.05) is 18.8 Å². The van der Waals surface area contributed by atoms with E-state index in [1.54, 1.807) is 0 Å². The van der Waals surface area contributed by atoms with Gasteiger partial charge in [0.05, 0.1) is 0 Å². The first-order valence-electron chi connectivity index (χ1n) is 6.53. The lowest BCUT2D eigenvalue weighted by Gasteiger charge is -2.22. The van der Waals surface area contributed by atoms with Crippen molar-refractivity contribution in [1.29, 1.82) is 0 Å². The zero-order chi connectivity index (χ0) is 12.3. The predicted octanol–water partition coefficient (Wildman–Crippen LogP) is 3.64. The minimum absolute atomic E-state index is 0.463. The number of anilines is 1. The van der Waals surface area contributed by atoms with Gasteiger partial charge in [-0.1, -0.05) is 38.9 Å². The molecule has 0 aliphatic carbocycles. The summed E-state index contributed by atoms with van der Waals surface area (Å²) in [6.07, 6.45) is 5.19. The Balaban J connectivity index is 2.27. The summed E-state index contributed by atoms with van der Waals surface area (Å²) in [5, 5.41) is 0. The van der Waals surface area contributed by atoms with E-state index in [1.807, 2.05) is 6.07 Å². The van der Waals surface area contributed by atoms with Gasteiger partial charge >= 0.3 is 0 Å². The van der Waals surface area contributed by atoms with Crippen LogP contribution in [0.3, 0.4) is 0 Å². The summed E-state index contributed by atoms with van der Waals surface area (Å²) in [5.74, 6) is 1.42.